The smallest absolute Gasteiger partial charge is 0.416 e. The second-order valence-corrected chi connectivity index (χ2v) is 10.3. The average Bonchev–Trinajstić information content (AvgIpc) is 2.77. The van der Waals surface area contributed by atoms with E-state index in [-0.39, 0.29) is 22.5 Å². The summed E-state index contributed by atoms with van der Waals surface area (Å²) in [6.45, 7) is 5.96. The van der Waals surface area contributed by atoms with Crippen LogP contribution >= 0.6 is 15.9 Å². The largest absolute Gasteiger partial charge is 0.497 e. The minimum atomic E-state index is -4.58. The van der Waals surface area contributed by atoms with E-state index in [2.05, 4.69) is 21.2 Å². The Hall–Kier alpha value is -2.75. The van der Waals surface area contributed by atoms with Crippen LogP contribution in [0.15, 0.2) is 46.9 Å². The predicted octanol–water partition coefficient (Wildman–Crippen LogP) is 6.00. The third-order valence-electron chi connectivity index (χ3n) is 5.61. The van der Waals surface area contributed by atoms with Gasteiger partial charge < -0.3 is 19.7 Å². The van der Waals surface area contributed by atoms with Gasteiger partial charge in [-0.05, 0) is 63.1 Å². The highest BCUT2D eigenvalue weighted by Gasteiger charge is 2.36. The van der Waals surface area contributed by atoms with Crippen LogP contribution in [0.1, 0.15) is 54.6 Å². The van der Waals surface area contributed by atoms with Crippen molar-refractivity contribution in [3.8, 4) is 5.75 Å². The standard InChI is InChI=1S/C25H28BrF3N2O4/c1-24(2,3)35-23(33)31-10-9-21(20(14-31)15-5-7-19(34-4)8-6-15)30-22(32)16-11-17(25(27,28)29)13-18(26)12-16/h5-8,11-13,20-21H,9-10,14H2,1-4H3,(H,30,32)/t20-,21+/m0/s1. The van der Waals surface area contributed by atoms with Crippen molar-refractivity contribution in [2.45, 2.75) is 50.9 Å². The molecule has 2 aromatic rings. The first kappa shape index (κ1) is 26.8. The number of benzene rings is 2. The van der Waals surface area contributed by atoms with E-state index in [0.717, 1.165) is 17.7 Å². The normalized spacial score (nSPS) is 18.7. The molecule has 2 atom stereocenters. The number of hydrogen-bond acceptors (Lipinski definition) is 4. The number of nitrogens with zero attached hydrogens (tertiary/aromatic N) is 1. The van der Waals surface area contributed by atoms with Crippen LogP contribution in [0.5, 0.6) is 5.75 Å². The second-order valence-electron chi connectivity index (χ2n) is 9.40. The van der Waals surface area contributed by atoms with E-state index >= 15 is 0 Å². The lowest BCUT2D eigenvalue weighted by molar-refractivity contribution is -0.137. The van der Waals surface area contributed by atoms with Gasteiger partial charge in [-0.2, -0.15) is 13.2 Å². The van der Waals surface area contributed by atoms with Crippen molar-refractivity contribution < 1.29 is 32.2 Å². The fourth-order valence-corrected chi connectivity index (χ4v) is 4.44. The maximum absolute atomic E-state index is 13.2. The predicted molar refractivity (Wildman–Crippen MR) is 129 cm³/mol. The summed E-state index contributed by atoms with van der Waals surface area (Å²) in [5.74, 6) is -0.269. The summed E-state index contributed by atoms with van der Waals surface area (Å²) < 4.78 is 50.6. The molecule has 10 heteroatoms. The van der Waals surface area contributed by atoms with Crippen LogP contribution in [0, 0.1) is 0 Å². The number of likely N-dealkylation sites (tertiary alicyclic amines) is 1. The molecule has 3 rings (SSSR count). The number of carbonyl (C=O) groups is 2. The molecule has 1 N–H and O–H groups in total. The van der Waals surface area contributed by atoms with Crippen molar-refractivity contribution in [2.75, 3.05) is 20.2 Å². The van der Waals surface area contributed by atoms with Gasteiger partial charge in [0.05, 0.1) is 12.7 Å². The van der Waals surface area contributed by atoms with Gasteiger partial charge in [0.25, 0.3) is 5.91 Å². The number of alkyl halides is 3. The lowest BCUT2D eigenvalue weighted by atomic mass is 9.85. The van der Waals surface area contributed by atoms with E-state index in [4.69, 9.17) is 9.47 Å². The van der Waals surface area contributed by atoms with Crippen LogP contribution in [-0.2, 0) is 10.9 Å². The molecule has 35 heavy (non-hydrogen) atoms. The van der Waals surface area contributed by atoms with Gasteiger partial charge in [-0.1, -0.05) is 28.1 Å². The molecule has 1 fully saturated rings. The lowest BCUT2D eigenvalue weighted by Crippen LogP contribution is -2.52. The highest BCUT2D eigenvalue weighted by Crippen LogP contribution is 2.33. The zero-order valence-corrected chi connectivity index (χ0v) is 21.5. The Labute approximate surface area is 210 Å². The van der Waals surface area contributed by atoms with Crippen molar-refractivity contribution in [2.24, 2.45) is 0 Å². The summed E-state index contributed by atoms with van der Waals surface area (Å²) in [5, 5.41) is 2.89. The molecule has 0 bridgehead atoms. The maximum Gasteiger partial charge on any atom is 0.416 e. The summed E-state index contributed by atoms with van der Waals surface area (Å²) in [4.78, 5) is 27.3. The van der Waals surface area contributed by atoms with Crippen molar-refractivity contribution in [1.29, 1.82) is 0 Å². The van der Waals surface area contributed by atoms with Crippen molar-refractivity contribution in [1.82, 2.24) is 10.2 Å². The Morgan fingerprint density at radius 3 is 2.31 bits per heavy atom. The highest BCUT2D eigenvalue weighted by atomic mass is 79.9. The number of methoxy groups -OCH3 is 1. The Morgan fingerprint density at radius 1 is 1.09 bits per heavy atom. The Kier molecular flexibility index (Phi) is 8.03. The Bertz CT molecular complexity index is 1070. The minimum absolute atomic E-state index is 0.102. The monoisotopic (exact) mass is 556 g/mol. The van der Waals surface area contributed by atoms with Crippen LogP contribution in [0.3, 0.4) is 0 Å². The first-order valence-corrected chi connectivity index (χ1v) is 11.9. The van der Waals surface area contributed by atoms with Gasteiger partial charge in [-0.25, -0.2) is 4.79 Å². The molecule has 2 aromatic carbocycles. The molecule has 2 amide bonds. The fourth-order valence-electron chi connectivity index (χ4n) is 3.94. The summed E-state index contributed by atoms with van der Waals surface area (Å²) in [5.41, 5.74) is -0.818. The van der Waals surface area contributed by atoms with E-state index in [1.54, 1.807) is 44.9 Å². The van der Waals surface area contributed by atoms with Gasteiger partial charge in [-0.3, -0.25) is 4.79 Å². The van der Waals surface area contributed by atoms with Crippen LogP contribution in [0.4, 0.5) is 18.0 Å². The lowest BCUT2D eigenvalue weighted by Gasteiger charge is -2.39. The number of amides is 2. The molecular formula is C25H28BrF3N2O4. The topological polar surface area (TPSA) is 67.9 Å². The Morgan fingerprint density at radius 2 is 1.74 bits per heavy atom. The van der Waals surface area contributed by atoms with E-state index in [1.807, 2.05) is 12.1 Å². The first-order chi connectivity index (χ1) is 16.3. The summed E-state index contributed by atoms with van der Waals surface area (Å²) in [7, 11) is 1.55. The summed E-state index contributed by atoms with van der Waals surface area (Å²) in [6.07, 6.45) is -4.63. The van der Waals surface area contributed by atoms with E-state index < -0.39 is 35.4 Å². The van der Waals surface area contributed by atoms with Gasteiger partial charge in [-0.15, -0.1) is 0 Å². The molecular weight excluding hydrogens is 529 g/mol. The maximum atomic E-state index is 13.2. The van der Waals surface area contributed by atoms with Gasteiger partial charge in [0.1, 0.15) is 11.4 Å². The SMILES string of the molecule is COc1ccc([C@@H]2CN(C(=O)OC(C)(C)C)CC[C@H]2NC(=O)c2cc(Br)cc(C(F)(F)F)c2)cc1. The zero-order chi connectivity index (χ0) is 26.0. The molecule has 0 aliphatic carbocycles. The molecule has 190 valence electrons. The molecule has 0 aromatic heterocycles. The number of ether oxygens (including phenoxy) is 2. The highest BCUT2D eigenvalue weighted by molar-refractivity contribution is 9.10. The molecule has 1 heterocycles. The van der Waals surface area contributed by atoms with Gasteiger partial charge in [0.2, 0.25) is 0 Å². The van der Waals surface area contributed by atoms with E-state index in [9.17, 15) is 22.8 Å². The van der Waals surface area contributed by atoms with Crippen LogP contribution in [0.2, 0.25) is 0 Å². The third kappa shape index (κ3) is 7.13. The zero-order valence-electron chi connectivity index (χ0n) is 19.9. The minimum Gasteiger partial charge on any atom is -0.497 e. The molecule has 0 radical (unpaired) electrons. The number of hydrogen-bond donors (Lipinski definition) is 1. The molecule has 1 aliphatic heterocycles. The molecule has 0 spiro atoms. The third-order valence-corrected chi connectivity index (χ3v) is 6.07. The van der Waals surface area contributed by atoms with Crippen LogP contribution in [0.25, 0.3) is 0 Å². The Balaban J connectivity index is 1.86. The number of carbonyl (C=O) groups excluding carboxylic acids is 2. The fraction of sp³-hybridized carbons (Fsp3) is 0.440. The van der Waals surface area contributed by atoms with Crippen LogP contribution in [-0.4, -0.2) is 48.7 Å². The summed E-state index contributed by atoms with van der Waals surface area (Å²) in [6, 6.07) is 9.96. The van der Waals surface area contributed by atoms with Crippen molar-refractivity contribution in [3.63, 3.8) is 0 Å². The van der Waals surface area contributed by atoms with Crippen molar-refractivity contribution >= 4 is 27.9 Å². The number of rotatable bonds is 4. The van der Waals surface area contributed by atoms with E-state index in [0.29, 0.717) is 18.7 Å². The van der Waals surface area contributed by atoms with Gasteiger partial charge >= 0.3 is 12.3 Å². The number of piperidine rings is 1. The number of halogens is 4. The summed E-state index contributed by atoms with van der Waals surface area (Å²) >= 11 is 3.06. The first-order valence-electron chi connectivity index (χ1n) is 11.1. The van der Waals surface area contributed by atoms with Gasteiger partial charge in [0, 0.05) is 35.1 Å². The molecule has 1 saturated heterocycles. The molecule has 1 aliphatic rings. The second kappa shape index (κ2) is 10.5. The number of nitrogens with one attached hydrogen (secondary N) is 1. The molecule has 6 nitrogen and oxygen atoms in total. The van der Waals surface area contributed by atoms with Crippen LogP contribution < -0.4 is 10.1 Å². The average molecular weight is 557 g/mol. The molecule has 0 saturated carbocycles. The van der Waals surface area contributed by atoms with Gasteiger partial charge in [0.15, 0.2) is 0 Å². The quantitative estimate of drug-likeness (QED) is 0.501. The molecule has 0 unspecified atom stereocenters. The van der Waals surface area contributed by atoms with Crippen molar-refractivity contribution in [3.05, 3.63) is 63.6 Å². The van der Waals surface area contributed by atoms with E-state index in [1.165, 1.54) is 6.07 Å².